The summed E-state index contributed by atoms with van der Waals surface area (Å²) in [7, 11) is -3.95. The van der Waals surface area contributed by atoms with Crippen LogP contribution in [0.2, 0.25) is 0 Å². The van der Waals surface area contributed by atoms with Gasteiger partial charge in [0.1, 0.15) is 0 Å². The summed E-state index contributed by atoms with van der Waals surface area (Å²) in [5.74, 6) is -3.79. The molecule has 0 aromatic heterocycles. The quantitative estimate of drug-likeness (QED) is 0.790. The second-order valence-electron chi connectivity index (χ2n) is 4.19. The molecule has 2 rings (SSSR count). The number of benzene rings is 1. The first-order valence-corrected chi connectivity index (χ1v) is 7.54. The summed E-state index contributed by atoms with van der Waals surface area (Å²) in [6.07, 6.45) is 0.0994. The Morgan fingerprint density at radius 3 is 2.39 bits per heavy atom. The van der Waals surface area contributed by atoms with E-state index in [0.29, 0.717) is 6.42 Å². The minimum atomic E-state index is -3.95. The molecule has 0 saturated heterocycles. The highest BCUT2D eigenvalue weighted by molar-refractivity contribution is 9.10. The number of rotatable bonds is 4. The fourth-order valence-corrected chi connectivity index (χ4v) is 2.83. The van der Waals surface area contributed by atoms with Crippen molar-refractivity contribution >= 4 is 26.0 Å². The Balaban J connectivity index is 2.02. The van der Waals surface area contributed by atoms with Crippen LogP contribution in [0.3, 0.4) is 0 Å². The highest BCUT2D eigenvalue weighted by Crippen LogP contribution is 2.43. The van der Waals surface area contributed by atoms with Crippen LogP contribution in [0.25, 0.3) is 0 Å². The Morgan fingerprint density at radius 1 is 1.33 bits per heavy atom. The number of halogens is 3. The van der Waals surface area contributed by atoms with Crippen molar-refractivity contribution < 1.29 is 21.4 Å². The predicted octanol–water partition coefficient (Wildman–Crippen LogP) is 3.20. The number of hydrogen-bond acceptors (Lipinski definition) is 3. The van der Waals surface area contributed by atoms with E-state index in [1.165, 1.54) is 12.1 Å². The first-order chi connectivity index (χ1) is 8.31. The molecule has 1 atom stereocenters. The minimum Gasteiger partial charge on any atom is -0.266 e. The van der Waals surface area contributed by atoms with E-state index in [-0.39, 0.29) is 11.3 Å². The van der Waals surface area contributed by atoms with Crippen LogP contribution in [0.15, 0.2) is 33.6 Å². The summed E-state index contributed by atoms with van der Waals surface area (Å²) in [4.78, 5) is -0.0339. The first-order valence-electron chi connectivity index (χ1n) is 5.34. The van der Waals surface area contributed by atoms with E-state index in [0.717, 1.165) is 4.47 Å². The summed E-state index contributed by atoms with van der Waals surface area (Å²) in [6, 6.07) is 5.82. The maximum absolute atomic E-state index is 13.0. The third-order valence-corrected chi connectivity index (χ3v) is 4.77. The van der Waals surface area contributed by atoms with Crippen LogP contribution in [0.1, 0.15) is 12.8 Å². The van der Waals surface area contributed by atoms with Crippen molar-refractivity contribution in [2.75, 3.05) is 6.61 Å². The van der Waals surface area contributed by atoms with Crippen LogP contribution < -0.4 is 0 Å². The Bertz CT molecular complexity index is 528. The summed E-state index contributed by atoms with van der Waals surface area (Å²) >= 11 is 3.17. The Hall–Kier alpha value is -0.530. The van der Waals surface area contributed by atoms with Crippen LogP contribution in [0.5, 0.6) is 0 Å². The van der Waals surface area contributed by atoms with Crippen molar-refractivity contribution in [2.45, 2.75) is 23.7 Å². The molecule has 0 amide bonds. The standard InChI is InChI=1S/C11H11BrF2O3S/c12-9-1-3-10(4-2-9)18(15,16)17-7-8-5-6-11(8,13)14/h1-4,8H,5-7H2. The summed E-state index contributed by atoms with van der Waals surface area (Å²) < 4.78 is 54.7. The van der Waals surface area contributed by atoms with E-state index in [2.05, 4.69) is 20.1 Å². The van der Waals surface area contributed by atoms with Crippen LogP contribution in [0, 0.1) is 5.92 Å². The second-order valence-corrected chi connectivity index (χ2v) is 6.72. The van der Waals surface area contributed by atoms with Gasteiger partial charge in [-0.2, -0.15) is 8.42 Å². The first kappa shape index (κ1) is 13.9. The van der Waals surface area contributed by atoms with Crippen LogP contribution in [-0.2, 0) is 14.3 Å². The van der Waals surface area contributed by atoms with Gasteiger partial charge in [0, 0.05) is 16.8 Å². The molecule has 1 aromatic rings. The molecule has 1 aromatic carbocycles. The van der Waals surface area contributed by atoms with E-state index < -0.39 is 28.6 Å². The summed E-state index contributed by atoms with van der Waals surface area (Å²) in [5, 5.41) is 0. The van der Waals surface area contributed by atoms with Gasteiger partial charge in [0.2, 0.25) is 0 Å². The average Bonchev–Trinajstić information content (AvgIpc) is 2.28. The van der Waals surface area contributed by atoms with Gasteiger partial charge in [-0.15, -0.1) is 0 Å². The summed E-state index contributed by atoms with van der Waals surface area (Å²) in [6.45, 7) is -0.467. The van der Waals surface area contributed by atoms with Crippen LogP contribution in [-0.4, -0.2) is 20.9 Å². The molecule has 7 heteroatoms. The number of alkyl halides is 2. The molecule has 1 unspecified atom stereocenters. The van der Waals surface area contributed by atoms with E-state index in [4.69, 9.17) is 0 Å². The highest BCUT2D eigenvalue weighted by atomic mass is 79.9. The molecule has 18 heavy (non-hydrogen) atoms. The van der Waals surface area contributed by atoms with Crippen LogP contribution >= 0.6 is 15.9 Å². The number of hydrogen-bond donors (Lipinski definition) is 0. The molecular formula is C11H11BrF2O3S. The maximum atomic E-state index is 13.0. The molecule has 0 N–H and O–H groups in total. The molecule has 0 bridgehead atoms. The topological polar surface area (TPSA) is 43.4 Å². The molecule has 1 saturated carbocycles. The zero-order valence-electron chi connectivity index (χ0n) is 9.27. The molecule has 0 aliphatic heterocycles. The van der Waals surface area contributed by atoms with Gasteiger partial charge in [-0.25, -0.2) is 8.78 Å². The summed E-state index contributed by atoms with van der Waals surface area (Å²) in [5.41, 5.74) is 0. The largest absolute Gasteiger partial charge is 0.296 e. The van der Waals surface area contributed by atoms with Gasteiger partial charge in [0.05, 0.1) is 11.5 Å². The van der Waals surface area contributed by atoms with E-state index in [9.17, 15) is 17.2 Å². The van der Waals surface area contributed by atoms with Gasteiger partial charge >= 0.3 is 0 Å². The van der Waals surface area contributed by atoms with Gasteiger partial charge < -0.3 is 0 Å². The van der Waals surface area contributed by atoms with Crippen molar-refractivity contribution in [3.8, 4) is 0 Å². The third-order valence-electron chi connectivity index (χ3n) is 2.95. The predicted molar refractivity (Wildman–Crippen MR) is 65.0 cm³/mol. The maximum Gasteiger partial charge on any atom is 0.296 e. The molecule has 1 aliphatic rings. The zero-order chi connectivity index (χ0) is 13.4. The SMILES string of the molecule is O=S(=O)(OCC1CCC1(F)F)c1ccc(Br)cc1. The fraction of sp³-hybridized carbons (Fsp3) is 0.455. The van der Waals surface area contributed by atoms with Gasteiger partial charge in [-0.3, -0.25) is 4.18 Å². The second kappa shape index (κ2) is 4.86. The molecule has 0 heterocycles. The van der Waals surface area contributed by atoms with E-state index in [1.807, 2.05) is 0 Å². The smallest absolute Gasteiger partial charge is 0.266 e. The minimum absolute atomic E-state index is 0.0339. The Kier molecular flexibility index (Phi) is 3.75. The molecular weight excluding hydrogens is 330 g/mol. The third kappa shape index (κ3) is 2.89. The van der Waals surface area contributed by atoms with Crippen molar-refractivity contribution in [3.63, 3.8) is 0 Å². The van der Waals surface area contributed by atoms with E-state index in [1.54, 1.807) is 12.1 Å². The molecule has 3 nitrogen and oxygen atoms in total. The van der Waals surface area contributed by atoms with Gasteiger partial charge in [0.15, 0.2) is 0 Å². The molecule has 1 aliphatic carbocycles. The van der Waals surface area contributed by atoms with Crippen molar-refractivity contribution in [1.82, 2.24) is 0 Å². The fourth-order valence-electron chi connectivity index (χ4n) is 1.61. The van der Waals surface area contributed by atoms with Crippen molar-refractivity contribution in [2.24, 2.45) is 5.92 Å². The van der Waals surface area contributed by atoms with Crippen LogP contribution in [0.4, 0.5) is 8.78 Å². The molecule has 100 valence electrons. The highest BCUT2D eigenvalue weighted by Gasteiger charge is 2.48. The van der Waals surface area contributed by atoms with Crippen molar-refractivity contribution in [1.29, 1.82) is 0 Å². The van der Waals surface area contributed by atoms with Gasteiger partial charge in [-0.1, -0.05) is 15.9 Å². The monoisotopic (exact) mass is 340 g/mol. The average molecular weight is 341 g/mol. The molecule has 1 fully saturated rings. The lowest BCUT2D eigenvalue weighted by Crippen LogP contribution is -2.41. The van der Waals surface area contributed by atoms with Crippen molar-refractivity contribution in [3.05, 3.63) is 28.7 Å². The van der Waals surface area contributed by atoms with Gasteiger partial charge in [0.25, 0.3) is 16.0 Å². The lowest BCUT2D eigenvalue weighted by molar-refractivity contribution is -0.142. The van der Waals surface area contributed by atoms with Gasteiger partial charge in [-0.05, 0) is 30.7 Å². The zero-order valence-corrected chi connectivity index (χ0v) is 11.7. The lowest BCUT2D eigenvalue weighted by Gasteiger charge is -2.35. The lowest BCUT2D eigenvalue weighted by atomic mass is 9.81. The molecule has 0 radical (unpaired) electrons. The normalized spacial score (nSPS) is 22.5. The molecule has 0 spiro atoms. The Morgan fingerprint density at radius 2 is 1.94 bits per heavy atom. The van der Waals surface area contributed by atoms with E-state index >= 15 is 0 Å². The Labute approximate surface area is 112 Å².